The van der Waals surface area contributed by atoms with Crippen molar-refractivity contribution in [3.63, 3.8) is 0 Å². The number of benzene rings is 1. The summed E-state index contributed by atoms with van der Waals surface area (Å²) in [7, 11) is -4.21. The number of aliphatic hydroxyl groups is 1. The molecule has 0 fully saturated rings. The first-order valence-corrected chi connectivity index (χ1v) is 13.2. The zero-order valence-electron chi connectivity index (χ0n) is 20.4. The van der Waals surface area contributed by atoms with E-state index in [1.165, 1.54) is 36.4 Å². The maximum absolute atomic E-state index is 12.9. The average Bonchev–Trinajstić information content (AvgIpc) is 2.87. The predicted octanol–water partition coefficient (Wildman–Crippen LogP) is 2.32. The van der Waals surface area contributed by atoms with Crippen LogP contribution in [-0.2, 0) is 10.0 Å². The van der Waals surface area contributed by atoms with Gasteiger partial charge in [0.25, 0.3) is 21.8 Å². The summed E-state index contributed by atoms with van der Waals surface area (Å²) in [5.74, 6) is -1.20. The Morgan fingerprint density at radius 3 is 2.11 bits per heavy atom. The van der Waals surface area contributed by atoms with Crippen LogP contribution in [0.2, 0.25) is 0 Å². The van der Waals surface area contributed by atoms with Gasteiger partial charge in [-0.1, -0.05) is 26.7 Å². The number of aromatic nitrogens is 1. The van der Waals surface area contributed by atoms with Gasteiger partial charge in [0.1, 0.15) is 0 Å². The van der Waals surface area contributed by atoms with Crippen LogP contribution < -0.4 is 14.8 Å². The maximum atomic E-state index is 12.9. The molecule has 0 aliphatic heterocycles. The number of hydrogen-bond donors (Lipinski definition) is 3. The Kier molecular flexibility index (Phi) is 11.3. The van der Waals surface area contributed by atoms with Crippen molar-refractivity contribution in [2.75, 3.05) is 26.2 Å². The summed E-state index contributed by atoms with van der Waals surface area (Å²) in [6, 6.07) is 7.89. The molecule has 0 unspecified atom stereocenters. The normalized spacial score (nSPS) is 11.0. The van der Waals surface area contributed by atoms with Gasteiger partial charge in [-0.15, -0.1) is 0 Å². The van der Waals surface area contributed by atoms with E-state index >= 15 is 0 Å². The predicted molar refractivity (Wildman–Crippen MR) is 132 cm³/mol. The summed E-state index contributed by atoms with van der Waals surface area (Å²) in [5.41, 5.74) is 0.297. The van der Waals surface area contributed by atoms with Crippen LogP contribution in [0.15, 0.2) is 47.5 Å². The number of unbranched alkanes of at least 4 members (excludes halogenated alkanes) is 2. The van der Waals surface area contributed by atoms with E-state index < -0.39 is 22.0 Å². The molecule has 2 rings (SSSR count). The minimum atomic E-state index is -4.21. The fraction of sp³-hybridized carbons (Fsp3) is 0.417. The zero-order valence-corrected chi connectivity index (χ0v) is 21.2. The van der Waals surface area contributed by atoms with Gasteiger partial charge in [0.05, 0.1) is 17.1 Å². The summed E-state index contributed by atoms with van der Waals surface area (Å²) in [6.07, 6.45) is 3.90. The Morgan fingerprint density at radius 2 is 1.58 bits per heavy atom. The standard InChI is InChI=1S/C24H32N4O7S/c1-3-5-14-28(15-6-4-2)23(31)18-7-10-20(11-8-18)36(33,34)27-22(30)19-9-12-21(26-17-19)35-24(32)25-13-16-29/h7-12,17,29H,3-6,13-16H2,1-2H3,(H,25,32)(H,27,30). The van der Waals surface area contributed by atoms with Crippen LogP contribution in [0.5, 0.6) is 5.88 Å². The second kappa shape index (κ2) is 14.1. The highest BCUT2D eigenvalue weighted by molar-refractivity contribution is 7.90. The Morgan fingerprint density at radius 1 is 0.972 bits per heavy atom. The third kappa shape index (κ3) is 8.61. The number of amides is 3. The minimum absolute atomic E-state index is 0.00227. The molecule has 36 heavy (non-hydrogen) atoms. The minimum Gasteiger partial charge on any atom is -0.395 e. The molecular weight excluding hydrogens is 488 g/mol. The van der Waals surface area contributed by atoms with Crippen molar-refractivity contribution in [3.05, 3.63) is 53.7 Å². The van der Waals surface area contributed by atoms with E-state index in [1.54, 1.807) is 4.90 Å². The monoisotopic (exact) mass is 520 g/mol. The van der Waals surface area contributed by atoms with Gasteiger partial charge in [0, 0.05) is 37.5 Å². The number of aliphatic hydroxyl groups excluding tert-OH is 1. The Balaban J connectivity index is 2.05. The van der Waals surface area contributed by atoms with E-state index in [1.807, 2.05) is 18.6 Å². The van der Waals surface area contributed by atoms with Gasteiger partial charge in [-0.05, 0) is 43.2 Å². The third-order valence-electron chi connectivity index (χ3n) is 5.07. The largest absolute Gasteiger partial charge is 0.414 e. The Bertz CT molecular complexity index is 1110. The molecule has 0 aliphatic carbocycles. The lowest BCUT2D eigenvalue weighted by Gasteiger charge is -2.22. The topological polar surface area (TPSA) is 155 Å². The lowest BCUT2D eigenvalue weighted by Crippen LogP contribution is -2.33. The number of rotatable bonds is 13. The van der Waals surface area contributed by atoms with Crippen LogP contribution in [0.3, 0.4) is 0 Å². The Hall–Kier alpha value is -3.51. The SMILES string of the molecule is CCCCN(CCCC)C(=O)c1ccc(S(=O)(=O)NC(=O)c2ccc(OC(=O)NCCO)nc2)cc1. The number of ether oxygens (including phenoxy) is 1. The van der Waals surface area contributed by atoms with Gasteiger partial charge in [0.15, 0.2) is 0 Å². The highest BCUT2D eigenvalue weighted by Gasteiger charge is 2.21. The first-order valence-electron chi connectivity index (χ1n) is 11.7. The Labute approximate surface area is 210 Å². The molecular formula is C24H32N4O7S. The van der Waals surface area contributed by atoms with Crippen LogP contribution in [-0.4, -0.2) is 67.6 Å². The molecule has 11 nitrogen and oxygen atoms in total. The van der Waals surface area contributed by atoms with Crippen molar-refractivity contribution in [2.24, 2.45) is 0 Å². The fourth-order valence-electron chi connectivity index (χ4n) is 3.08. The molecule has 0 radical (unpaired) electrons. The van der Waals surface area contributed by atoms with E-state index in [4.69, 9.17) is 9.84 Å². The molecule has 0 bridgehead atoms. The van der Waals surface area contributed by atoms with Crippen LogP contribution in [0.25, 0.3) is 0 Å². The van der Waals surface area contributed by atoms with Gasteiger partial charge in [0.2, 0.25) is 5.88 Å². The van der Waals surface area contributed by atoms with Gasteiger partial charge in [-0.25, -0.2) is 22.9 Å². The fourth-order valence-corrected chi connectivity index (χ4v) is 4.05. The first kappa shape index (κ1) is 28.7. The number of carbonyl (C=O) groups excluding carboxylic acids is 3. The lowest BCUT2D eigenvalue weighted by molar-refractivity contribution is 0.0750. The molecule has 12 heteroatoms. The highest BCUT2D eigenvalue weighted by atomic mass is 32.2. The molecule has 0 spiro atoms. The molecule has 1 aromatic heterocycles. The number of carbonyl (C=O) groups is 3. The highest BCUT2D eigenvalue weighted by Crippen LogP contribution is 2.15. The van der Waals surface area contributed by atoms with E-state index in [0.29, 0.717) is 18.7 Å². The maximum Gasteiger partial charge on any atom is 0.414 e. The molecule has 2 aromatic rings. The molecule has 0 atom stereocenters. The molecule has 0 saturated heterocycles. The number of nitrogens with zero attached hydrogens (tertiary/aromatic N) is 2. The molecule has 196 valence electrons. The summed E-state index contributed by atoms with van der Waals surface area (Å²) in [5, 5.41) is 10.9. The average molecular weight is 521 g/mol. The quantitative estimate of drug-likeness (QED) is 0.363. The van der Waals surface area contributed by atoms with Gasteiger partial charge >= 0.3 is 6.09 Å². The van der Waals surface area contributed by atoms with Crippen LogP contribution >= 0.6 is 0 Å². The number of sulfonamides is 1. The van der Waals surface area contributed by atoms with Gasteiger partial charge in [-0.2, -0.15) is 0 Å². The van der Waals surface area contributed by atoms with Crippen LogP contribution in [0.4, 0.5) is 4.79 Å². The van der Waals surface area contributed by atoms with Crippen molar-refractivity contribution in [1.29, 1.82) is 0 Å². The summed E-state index contributed by atoms with van der Waals surface area (Å²) in [4.78, 5) is 42.2. The van der Waals surface area contributed by atoms with E-state index in [0.717, 1.165) is 31.9 Å². The molecule has 1 heterocycles. The van der Waals surface area contributed by atoms with Crippen molar-refractivity contribution in [2.45, 2.75) is 44.4 Å². The zero-order chi connectivity index (χ0) is 26.6. The number of nitrogens with one attached hydrogen (secondary N) is 2. The number of hydrogen-bond acceptors (Lipinski definition) is 8. The second-order valence-corrected chi connectivity index (χ2v) is 9.57. The van der Waals surface area contributed by atoms with Crippen molar-refractivity contribution in [3.8, 4) is 5.88 Å². The summed E-state index contributed by atoms with van der Waals surface area (Å²) < 4.78 is 32.2. The molecule has 0 saturated carbocycles. The van der Waals surface area contributed by atoms with Crippen LogP contribution in [0.1, 0.15) is 60.2 Å². The molecule has 3 N–H and O–H groups in total. The second-order valence-electron chi connectivity index (χ2n) is 7.88. The summed E-state index contributed by atoms with van der Waals surface area (Å²) in [6.45, 7) is 5.11. The smallest absolute Gasteiger partial charge is 0.395 e. The van der Waals surface area contributed by atoms with E-state index in [9.17, 15) is 22.8 Å². The third-order valence-corrected chi connectivity index (χ3v) is 6.41. The number of pyridine rings is 1. The van der Waals surface area contributed by atoms with E-state index in [-0.39, 0.29) is 35.4 Å². The van der Waals surface area contributed by atoms with Crippen LogP contribution in [0, 0.1) is 0 Å². The molecule has 0 aliphatic rings. The van der Waals surface area contributed by atoms with Gasteiger partial charge in [-0.3, -0.25) is 9.59 Å². The van der Waals surface area contributed by atoms with Gasteiger partial charge < -0.3 is 20.1 Å². The van der Waals surface area contributed by atoms with Crippen molar-refractivity contribution >= 4 is 27.9 Å². The van der Waals surface area contributed by atoms with E-state index in [2.05, 4.69) is 10.3 Å². The molecule has 1 aromatic carbocycles. The van der Waals surface area contributed by atoms with Crippen molar-refractivity contribution in [1.82, 2.24) is 19.9 Å². The first-order chi connectivity index (χ1) is 17.2. The van der Waals surface area contributed by atoms with Crippen molar-refractivity contribution < 1.29 is 32.6 Å². The summed E-state index contributed by atoms with van der Waals surface area (Å²) >= 11 is 0. The lowest BCUT2D eigenvalue weighted by atomic mass is 10.1. The molecule has 3 amide bonds.